The molecule has 0 bridgehead atoms. The smallest absolute Gasteiger partial charge is 0.264 e. The molecule has 2 N–H and O–H groups in total. The van der Waals surface area contributed by atoms with Crippen LogP contribution in [0.2, 0.25) is 5.02 Å². The summed E-state index contributed by atoms with van der Waals surface area (Å²) < 4.78 is 27.3. The summed E-state index contributed by atoms with van der Waals surface area (Å²) in [5, 5.41) is 4.43. The average Bonchev–Trinajstić information content (AvgIpc) is 3.21. The Morgan fingerprint density at radius 1 is 1.03 bits per heavy atom. The number of aromatic nitrogens is 1. The third kappa shape index (κ3) is 4.49. The van der Waals surface area contributed by atoms with E-state index in [0.29, 0.717) is 23.7 Å². The predicted octanol–water partition coefficient (Wildman–Crippen LogP) is 4.62. The monoisotopic (exact) mass is 467 g/mol. The normalized spacial score (nSPS) is 11.4. The zero-order valence-electron chi connectivity index (χ0n) is 17.4. The number of carbonyl (C=O) groups excluding carboxylic acids is 1. The van der Waals surface area contributed by atoms with Gasteiger partial charge < -0.3 is 10.3 Å². The van der Waals surface area contributed by atoms with Crippen LogP contribution < -0.4 is 9.62 Å². The first kappa shape index (κ1) is 21.9. The number of nitrogens with one attached hydrogen (secondary N) is 2. The number of para-hydroxylation sites is 1. The number of hydrogen-bond acceptors (Lipinski definition) is 3. The number of halogens is 1. The van der Waals surface area contributed by atoms with Crippen LogP contribution in [0, 0.1) is 0 Å². The average molecular weight is 468 g/mol. The first-order valence-electron chi connectivity index (χ1n) is 10.0. The molecule has 0 unspecified atom stereocenters. The Bertz CT molecular complexity index is 1380. The SMILES string of the molecule is CN(c1cccc(Cl)c1)S(=O)(=O)c1cccc(C(=O)NCCc2c[nH]c3ccccc23)c1. The number of sulfonamides is 1. The van der Waals surface area contributed by atoms with Gasteiger partial charge in [0, 0.05) is 41.3 Å². The highest BCUT2D eigenvalue weighted by atomic mass is 35.5. The second kappa shape index (κ2) is 9.06. The Hall–Kier alpha value is -3.29. The van der Waals surface area contributed by atoms with Crippen LogP contribution in [-0.4, -0.2) is 32.9 Å². The summed E-state index contributed by atoms with van der Waals surface area (Å²) in [6, 6.07) is 20.6. The molecule has 0 aliphatic rings. The maximum absolute atomic E-state index is 13.1. The lowest BCUT2D eigenvalue weighted by molar-refractivity contribution is 0.0954. The minimum atomic E-state index is -3.85. The van der Waals surface area contributed by atoms with Crippen molar-refractivity contribution in [2.45, 2.75) is 11.3 Å². The molecule has 0 aliphatic carbocycles. The van der Waals surface area contributed by atoms with Crippen LogP contribution in [0.5, 0.6) is 0 Å². The number of rotatable bonds is 7. The number of aromatic amines is 1. The van der Waals surface area contributed by atoms with Crippen molar-refractivity contribution in [3.63, 3.8) is 0 Å². The lowest BCUT2D eigenvalue weighted by Gasteiger charge is -2.20. The summed E-state index contributed by atoms with van der Waals surface area (Å²) in [5.41, 5.74) is 2.88. The molecule has 4 aromatic rings. The fourth-order valence-corrected chi connectivity index (χ4v) is 4.94. The van der Waals surface area contributed by atoms with E-state index >= 15 is 0 Å². The fraction of sp³-hybridized carbons (Fsp3) is 0.125. The maximum Gasteiger partial charge on any atom is 0.264 e. The number of nitrogens with zero attached hydrogens (tertiary/aromatic N) is 1. The molecule has 1 heterocycles. The maximum atomic E-state index is 13.1. The van der Waals surface area contributed by atoms with Gasteiger partial charge in [0.1, 0.15) is 0 Å². The van der Waals surface area contributed by atoms with Gasteiger partial charge in [-0.05, 0) is 54.4 Å². The summed E-state index contributed by atoms with van der Waals surface area (Å²) in [6.45, 7) is 0.431. The lowest BCUT2D eigenvalue weighted by Crippen LogP contribution is -2.28. The number of amides is 1. The van der Waals surface area contributed by atoms with Crippen molar-refractivity contribution in [1.29, 1.82) is 0 Å². The topological polar surface area (TPSA) is 82.3 Å². The molecule has 4 rings (SSSR count). The molecular weight excluding hydrogens is 446 g/mol. The molecular formula is C24H22ClN3O3S. The molecule has 0 saturated heterocycles. The Kier molecular flexibility index (Phi) is 6.21. The van der Waals surface area contributed by atoms with E-state index in [0.717, 1.165) is 20.8 Å². The quantitative estimate of drug-likeness (QED) is 0.416. The van der Waals surface area contributed by atoms with Gasteiger partial charge in [-0.2, -0.15) is 0 Å². The molecule has 0 aliphatic heterocycles. The van der Waals surface area contributed by atoms with Gasteiger partial charge in [0.25, 0.3) is 15.9 Å². The van der Waals surface area contributed by atoms with Gasteiger partial charge >= 0.3 is 0 Å². The summed E-state index contributed by atoms with van der Waals surface area (Å²) in [5.74, 6) is -0.327. The fourth-order valence-electron chi connectivity index (χ4n) is 3.52. The van der Waals surface area contributed by atoms with E-state index in [1.807, 2.05) is 30.5 Å². The summed E-state index contributed by atoms with van der Waals surface area (Å²) in [7, 11) is -2.40. The molecule has 0 radical (unpaired) electrons. The van der Waals surface area contributed by atoms with Gasteiger partial charge in [0.15, 0.2) is 0 Å². The molecule has 1 aromatic heterocycles. The molecule has 0 fully saturated rings. The van der Waals surface area contributed by atoms with Crippen LogP contribution in [-0.2, 0) is 16.4 Å². The van der Waals surface area contributed by atoms with E-state index in [1.165, 1.54) is 19.2 Å². The molecule has 0 atom stereocenters. The Balaban J connectivity index is 1.46. The third-order valence-electron chi connectivity index (χ3n) is 5.28. The van der Waals surface area contributed by atoms with Crippen molar-refractivity contribution in [3.8, 4) is 0 Å². The largest absolute Gasteiger partial charge is 0.361 e. The van der Waals surface area contributed by atoms with Crippen molar-refractivity contribution >= 4 is 44.1 Å². The van der Waals surface area contributed by atoms with Crippen molar-refractivity contribution in [3.05, 3.63) is 95.1 Å². The summed E-state index contributed by atoms with van der Waals surface area (Å²) >= 11 is 5.99. The molecule has 3 aromatic carbocycles. The van der Waals surface area contributed by atoms with Gasteiger partial charge in [-0.3, -0.25) is 9.10 Å². The Labute approximate surface area is 191 Å². The number of anilines is 1. The first-order chi connectivity index (χ1) is 15.4. The van der Waals surface area contributed by atoms with Crippen molar-refractivity contribution in [2.24, 2.45) is 0 Å². The molecule has 0 spiro atoms. The second-order valence-corrected chi connectivity index (χ2v) is 9.75. The number of benzene rings is 3. The van der Waals surface area contributed by atoms with E-state index in [-0.39, 0.29) is 16.4 Å². The van der Waals surface area contributed by atoms with Crippen LogP contribution in [0.25, 0.3) is 10.9 Å². The predicted molar refractivity (Wildman–Crippen MR) is 128 cm³/mol. The van der Waals surface area contributed by atoms with Gasteiger partial charge in [-0.15, -0.1) is 0 Å². The van der Waals surface area contributed by atoms with Crippen LogP contribution in [0.4, 0.5) is 5.69 Å². The Morgan fingerprint density at radius 3 is 2.62 bits per heavy atom. The zero-order valence-corrected chi connectivity index (χ0v) is 19.0. The van der Waals surface area contributed by atoms with E-state index in [2.05, 4.69) is 10.3 Å². The van der Waals surface area contributed by atoms with Gasteiger partial charge in [-0.25, -0.2) is 8.42 Å². The molecule has 8 heteroatoms. The second-order valence-electron chi connectivity index (χ2n) is 7.35. The highest BCUT2D eigenvalue weighted by Gasteiger charge is 2.22. The molecule has 6 nitrogen and oxygen atoms in total. The standard InChI is InChI=1S/C24H22ClN3O3S/c1-28(20-8-5-7-19(25)15-20)32(30,31)21-9-4-6-17(14-21)24(29)26-13-12-18-16-27-23-11-3-2-10-22(18)23/h2-11,14-16,27H,12-13H2,1H3,(H,26,29). The lowest BCUT2D eigenvalue weighted by atomic mass is 10.1. The van der Waals surface area contributed by atoms with Crippen molar-refractivity contribution in [2.75, 3.05) is 17.9 Å². The minimum absolute atomic E-state index is 0.0317. The molecule has 164 valence electrons. The third-order valence-corrected chi connectivity index (χ3v) is 7.30. The summed E-state index contributed by atoms with van der Waals surface area (Å²) in [4.78, 5) is 15.9. The van der Waals surface area contributed by atoms with Gasteiger partial charge in [-0.1, -0.05) is 41.9 Å². The van der Waals surface area contributed by atoms with Gasteiger partial charge in [0.05, 0.1) is 10.6 Å². The molecule has 0 saturated carbocycles. The van der Waals surface area contributed by atoms with Crippen LogP contribution in [0.1, 0.15) is 15.9 Å². The number of H-pyrrole nitrogens is 1. The van der Waals surface area contributed by atoms with Crippen LogP contribution in [0.15, 0.2) is 83.9 Å². The van der Waals surface area contributed by atoms with Crippen molar-refractivity contribution in [1.82, 2.24) is 10.3 Å². The van der Waals surface area contributed by atoms with E-state index < -0.39 is 10.0 Å². The Morgan fingerprint density at radius 2 is 1.81 bits per heavy atom. The van der Waals surface area contributed by atoms with E-state index in [1.54, 1.807) is 36.4 Å². The van der Waals surface area contributed by atoms with E-state index in [4.69, 9.17) is 11.6 Å². The highest BCUT2D eigenvalue weighted by Crippen LogP contribution is 2.25. The molecule has 1 amide bonds. The van der Waals surface area contributed by atoms with Crippen LogP contribution >= 0.6 is 11.6 Å². The first-order valence-corrected chi connectivity index (χ1v) is 11.9. The highest BCUT2D eigenvalue weighted by molar-refractivity contribution is 7.92. The number of carbonyl (C=O) groups is 1. The summed E-state index contributed by atoms with van der Waals surface area (Å²) in [6.07, 6.45) is 2.60. The zero-order chi connectivity index (χ0) is 22.7. The van der Waals surface area contributed by atoms with E-state index in [9.17, 15) is 13.2 Å². The van der Waals surface area contributed by atoms with Gasteiger partial charge in [0.2, 0.25) is 0 Å². The van der Waals surface area contributed by atoms with Crippen molar-refractivity contribution < 1.29 is 13.2 Å². The number of fused-ring (bicyclic) bond motifs is 1. The number of hydrogen-bond donors (Lipinski definition) is 2. The van der Waals surface area contributed by atoms with Crippen LogP contribution in [0.3, 0.4) is 0 Å². The minimum Gasteiger partial charge on any atom is -0.361 e. The molecule has 32 heavy (non-hydrogen) atoms.